The van der Waals surface area contributed by atoms with Crippen molar-refractivity contribution in [3.05, 3.63) is 53.5 Å². The molecule has 0 saturated heterocycles. The van der Waals surface area contributed by atoms with Crippen LogP contribution in [0.15, 0.2) is 36.4 Å². The zero-order valence-corrected chi connectivity index (χ0v) is 17.9. The van der Waals surface area contributed by atoms with Gasteiger partial charge in [0.2, 0.25) is 5.75 Å². The van der Waals surface area contributed by atoms with Gasteiger partial charge < -0.3 is 19.9 Å². The highest BCUT2D eigenvalue weighted by atomic mass is 19.1. The number of nitrogen functional groups attached to an aromatic ring is 1. The van der Waals surface area contributed by atoms with Crippen LogP contribution >= 0.6 is 0 Å². The summed E-state index contributed by atoms with van der Waals surface area (Å²) in [5.74, 6) is 0.906. The average Bonchev–Trinajstić information content (AvgIpc) is 3.13. The molecule has 32 heavy (non-hydrogen) atoms. The van der Waals surface area contributed by atoms with E-state index in [2.05, 4.69) is 16.2 Å². The molecule has 2 heterocycles. The summed E-state index contributed by atoms with van der Waals surface area (Å²) in [7, 11) is 4.53. The second-order valence-electron chi connectivity index (χ2n) is 6.91. The number of ether oxygens (including phenoxy) is 3. The van der Waals surface area contributed by atoms with Gasteiger partial charge >= 0.3 is 0 Å². The highest BCUT2D eigenvalue weighted by molar-refractivity contribution is 6.02. The second kappa shape index (κ2) is 8.07. The third-order valence-electron chi connectivity index (χ3n) is 5.18. The number of halogens is 1. The number of fused-ring (bicyclic) bond motifs is 1. The van der Waals surface area contributed by atoms with Gasteiger partial charge in [-0.1, -0.05) is 0 Å². The van der Waals surface area contributed by atoms with E-state index >= 15 is 0 Å². The van der Waals surface area contributed by atoms with Crippen LogP contribution in [0.25, 0.3) is 27.8 Å². The molecule has 0 spiro atoms. The molecular formula is C23H20FN5O3. The molecule has 0 fully saturated rings. The Hall–Kier alpha value is -4.32. The number of nitrogens with zero attached hydrogens (tertiary/aromatic N) is 4. The van der Waals surface area contributed by atoms with Gasteiger partial charge in [-0.15, -0.1) is 0 Å². The zero-order valence-electron chi connectivity index (χ0n) is 17.9. The van der Waals surface area contributed by atoms with Crippen molar-refractivity contribution in [2.45, 2.75) is 6.92 Å². The smallest absolute Gasteiger partial charge is 0.203 e. The third-order valence-corrected chi connectivity index (χ3v) is 5.18. The van der Waals surface area contributed by atoms with E-state index in [1.165, 1.54) is 33.5 Å². The lowest BCUT2D eigenvalue weighted by molar-refractivity contribution is 0.325. The number of hydrogen-bond donors (Lipinski definition) is 1. The van der Waals surface area contributed by atoms with Crippen molar-refractivity contribution in [2.75, 3.05) is 27.1 Å². The molecule has 2 aromatic carbocycles. The first-order chi connectivity index (χ1) is 15.4. The van der Waals surface area contributed by atoms with Crippen LogP contribution in [0, 0.1) is 24.1 Å². The van der Waals surface area contributed by atoms with Gasteiger partial charge in [-0.2, -0.15) is 10.4 Å². The molecule has 0 amide bonds. The van der Waals surface area contributed by atoms with Crippen molar-refractivity contribution >= 4 is 16.9 Å². The molecule has 162 valence electrons. The van der Waals surface area contributed by atoms with E-state index in [0.29, 0.717) is 50.8 Å². The number of anilines is 1. The minimum absolute atomic E-state index is 0.0371. The van der Waals surface area contributed by atoms with Crippen LogP contribution in [0.4, 0.5) is 10.2 Å². The molecule has 0 aliphatic heterocycles. The summed E-state index contributed by atoms with van der Waals surface area (Å²) in [4.78, 5) is 4.45. The Balaban J connectivity index is 2.13. The van der Waals surface area contributed by atoms with E-state index < -0.39 is 0 Å². The Morgan fingerprint density at radius 2 is 1.69 bits per heavy atom. The molecule has 2 aromatic heterocycles. The maximum Gasteiger partial charge on any atom is 0.203 e. The summed E-state index contributed by atoms with van der Waals surface area (Å²) in [6.07, 6.45) is 0. The van der Waals surface area contributed by atoms with Crippen molar-refractivity contribution in [3.8, 4) is 40.1 Å². The minimum atomic E-state index is -0.364. The fraction of sp³-hybridized carbons (Fsp3) is 0.174. The number of pyridine rings is 1. The van der Waals surface area contributed by atoms with Crippen molar-refractivity contribution in [3.63, 3.8) is 0 Å². The van der Waals surface area contributed by atoms with E-state index in [9.17, 15) is 9.65 Å². The van der Waals surface area contributed by atoms with Crippen LogP contribution in [0.5, 0.6) is 17.2 Å². The van der Waals surface area contributed by atoms with E-state index in [4.69, 9.17) is 19.9 Å². The first-order valence-electron chi connectivity index (χ1n) is 9.59. The molecule has 0 atom stereocenters. The molecule has 0 radical (unpaired) electrons. The molecular weight excluding hydrogens is 413 g/mol. The van der Waals surface area contributed by atoms with E-state index in [1.807, 2.05) is 0 Å². The number of methoxy groups -OCH3 is 3. The van der Waals surface area contributed by atoms with Gasteiger partial charge in [0, 0.05) is 11.1 Å². The molecule has 8 nitrogen and oxygen atoms in total. The number of aromatic nitrogens is 3. The summed E-state index contributed by atoms with van der Waals surface area (Å²) in [5, 5.41) is 15.1. The lowest BCUT2D eigenvalue weighted by Crippen LogP contribution is -2.04. The predicted molar refractivity (Wildman–Crippen MR) is 118 cm³/mol. The topological polar surface area (TPSA) is 108 Å². The van der Waals surface area contributed by atoms with Gasteiger partial charge in [0.05, 0.1) is 38.1 Å². The van der Waals surface area contributed by atoms with E-state index in [-0.39, 0.29) is 17.2 Å². The van der Waals surface area contributed by atoms with Crippen LogP contribution < -0.4 is 19.9 Å². The van der Waals surface area contributed by atoms with E-state index in [0.717, 1.165) is 0 Å². The molecule has 0 aliphatic rings. The van der Waals surface area contributed by atoms with Crippen molar-refractivity contribution < 1.29 is 18.6 Å². The Bertz CT molecular complexity index is 1370. The number of benzene rings is 2. The Labute approximate surface area is 183 Å². The SMILES string of the molecule is COc1ccc(-c2c(C#N)c(N)nc3c2c(C)nn3-c2ccc(F)cc2)c(OC)c1OC. The molecule has 0 aliphatic carbocycles. The second-order valence-corrected chi connectivity index (χ2v) is 6.91. The summed E-state index contributed by atoms with van der Waals surface area (Å²) >= 11 is 0. The highest BCUT2D eigenvalue weighted by Crippen LogP contribution is 2.47. The van der Waals surface area contributed by atoms with Gasteiger partial charge in [0.1, 0.15) is 23.3 Å². The highest BCUT2D eigenvalue weighted by Gasteiger charge is 2.26. The maximum atomic E-state index is 13.4. The van der Waals surface area contributed by atoms with Gasteiger partial charge in [-0.25, -0.2) is 14.1 Å². The molecule has 0 unspecified atom stereocenters. The van der Waals surface area contributed by atoms with Gasteiger partial charge in [-0.3, -0.25) is 0 Å². The molecule has 0 bridgehead atoms. The van der Waals surface area contributed by atoms with Crippen LogP contribution in [0.1, 0.15) is 11.3 Å². The van der Waals surface area contributed by atoms with Crippen LogP contribution in [-0.2, 0) is 0 Å². The Kier molecular flexibility index (Phi) is 5.28. The third kappa shape index (κ3) is 3.13. The maximum absolute atomic E-state index is 13.4. The van der Waals surface area contributed by atoms with Gasteiger partial charge in [0.25, 0.3) is 0 Å². The molecule has 4 aromatic rings. The molecule has 2 N–H and O–H groups in total. The van der Waals surface area contributed by atoms with Gasteiger partial charge in [-0.05, 0) is 43.3 Å². The summed E-state index contributed by atoms with van der Waals surface area (Å²) in [6, 6.07) is 11.5. The lowest BCUT2D eigenvalue weighted by Gasteiger charge is -2.17. The zero-order chi connectivity index (χ0) is 23.0. The van der Waals surface area contributed by atoms with Crippen LogP contribution in [0.2, 0.25) is 0 Å². The Morgan fingerprint density at radius 1 is 1.00 bits per heavy atom. The molecule has 0 saturated carbocycles. The first-order valence-corrected chi connectivity index (χ1v) is 9.59. The van der Waals surface area contributed by atoms with Gasteiger partial charge in [0.15, 0.2) is 17.1 Å². The fourth-order valence-corrected chi connectivity index (χ4v) is 3.78. The number of hydrogen-bond acceptors (Lipinski definition) is 7. The van der Waals surface area contributed by atoms with Crippen molar-refractivity contribution in [1.29, 1.82) is 5.26 Å². The largest absolute Gasteiger partial charge is 0.493 e. The lowest BCUT2D eigenvalue weighted by atomic mass is 9.95. The molecule has 4 rings (SSSR count). The first kappa shape index (κ1) is 20.9. The predicted octanol–water partition coefficient (Wildman–Crippen LogP) is 4.01. The summed E-state index contributed by atoms with van der Waals surface area (Å²) in [6.45, 7) is 1.80. The average molecular weight is 433 g/mol. The minimum Gasteiger partial charge on any atom is -0.493 e. The number of nitrogens with two attached hydrogens (primary N) is 1. The van der Waals surface area contributed by atoms with Crippen LogP contribution in [0.3, 0.4) is 0 Å². The quantitative estimate of drug-likeness (QED) is 0.506. The Morgan fingerprint density at radius 3 is 2.28 bits per heavy atom. The summed E-state index contributed by atoms with van der Waals surface area (Å²) in [5.41, 5.74) is 9.11. The number of nitriles is 1. The number of rotatable bonds is 5. The number of aryl methyl sites for hydroxylation is 1. The summed E-state index contributed by atoms with van der Waals surface area (Å²) < 4.78 is 31.6. The monoisotopic (exact) mass is 433 g/mol. The standard InChI is InChI=1S/C23H20FN5O3/c1-12-18-19(15-9-10-17(30-2)21(32-4)20(15)31-3)16(11-25)22(26)27-23(18)29(28-12)14-7-5-13(24)6-8-14/h5-10H,1-4H3,(H2,26,27). The van der Waals surface area contributed by atoms with Crippen molar-refractivity contribution in [1.82, 2.24) is 14.8 Å². The normalized spacial score (nSPS) is 10.8. The van der Waals surface area contributed by atoms with Crippen molar-refractivity contribution in [2.24, 2.45) is 0 Å². The molecule has 9 heteroatoms. The fourth-order valence-electron chi connectivity index (χ4n) is 3.78. The van der Waals surface area contributed by atoms with Crippen LogP contribution in [-0.4, -0.2) is 36.1 Å². The van der Waals surface area contributed by atoms with E-state index in [1.54, 1.807) is 35.9 Å².